The molecule has 1 saturated heterocycles. The Balaban J connectivity index is 1.36. The summed E-state index contributed by atoms with van der Waals surface area (Å²) in [6.07, 6.45) is 0.213. The van der Waals surface area contributed by atoms with Crippen LogP contribution in [-0.2, 0) is 9.53 Å². The molecule has 0 saturated carbocycles. The van der Waals surface area contributed by atoms with Gasteiger partial charge in [-0.05, 0) is 11.1 Å². The molecule has 3 aromatic rings. The third-order valence-electron chi connectivity index (χ3n) is 5.12. The number of aromatic nitrogens is 1. The lowest BCUT2D eigenvalue weighted by atomic mass is 9.88. The maximum Gasteiger partial charge on any atom is 0.289 e. The van der Waals surface area contributed by atoms with Crippen molar-refractivity contribution in [3.05, 3.63) is 82.9 Å². The van der Waals surface area contributed by atoms with E-state index >= 15 is 0 Å². The van der Waals surface area contributed by atoms with Crippen LogP contribution in [0.4, 0.5) is 5.13 Å². The van der Waals surface area contributed by atoms with Gasteiger partial charge in [-0.3, -0.25) is 20.4 Å². The molecule has 0 spiro atoms. The van der Waals surface area contributed by atoms with Crippen LogP contribution in [0.3, 0.4) is 0 Å². The minimum Gasteiger partial charge on any atom is -0.378 e. The number of thiazole rings is 1. The Morgan fingerprint density at radius 1 is 0.968 bits per heavy atom. The minimum absolute atomic E-state index is 0.105. The normalized spacial score (nSPS) is 13.8. The second-order valence-corrected chi connectivity index (χ2v) is 8.03. The number of anilines is 1. The Morgan fingerprint density at radius 3 is 2.19 bits per heavy atom. The predicted molar refractivity (Wildman–Crippen MR) is 120 cm³/mol. The number of hydrazine groups is 1. The van der Waals surface area contributed by atoms with E-state index in [-0.39, 0.29) is 23.9 Å². The number of amides is 2. The standard InChI is InChI=1S/C23H24N4O3S/c28-21(15-19(17-7-3-1-4-8-17)18-9-5-2-6-10-18)25-26-22(29)20-16-31-23(24-20)27-11-13-30-14-12-27/h1-10,16,19H,11-15H2,(H,25,28)(H,26,29). The Labute approximate surface area is 185 Å². The summed E-state index contributed by atoms with van der Waals surface area (Å²) in [6, 6.07) is 19.8. The van der Waals surface area contributed by atoms with Gasteiger partial charge < -0.3 is 9.64 Å². The fourth-order valence-electron chi connectivity index (χ4n) is 3.49. The zero-order chi connectivity index (χ0) is 21.5. The molecular weight excluding hydrogens is 412 g/mol. The summed E-state index contributed by atoms with van der Waals surface area (Å²) >= 11 is 1.41. The van der Waals surface area contributed by atoms with Crippen LogP contribution in [0.15, 0.2) is 66.0 Å². The van der Waals surface area contributed by atoms with Crippen LogP contribution in [0.2, 0.25) is 0 Å². The number of benzene rings is 2. The molecule has 1 aliphatic rings. The number of hydrogen-bond donors (Lipinski definition) is 2. The van der Waals surface area contributed by atoms with Crippen molar-refractivity contribution in [3.63, 3.8) is 0 Å². The highest BCUT2D eigenvalue weighted by atomic mass is 32.1. The van der Waals surface area contributed by atoms with Crippen molar-refractivity contribution in [1.29, 1.82) is 0 Å². The molecule has 31 heavy (non-hydrogen) atoms. The molecule has 2 aromatic carbocycles. The highest BCUT2D eigenvalue weighted by Gasteiger charge is 2.20. The minimum atomic E-state index is -0.430. The average molecular weight is 437 g/mol. The number of ether oxygens (including phenoxy) is 1. The summed E-state index contributed by atoms with van der Waals surface area (Å²) in [4.78, 5) is 31.6. The van der Waals surface area contributed by atoms with Gasteiger partial charge in [0, 0.05) is 30.8 Å². The molecule has 2 heterocycles. The number of carbonyl (C=O) groups is 2. The number of carbonyl (C=O) groups excluding carboxylic acids is 2. The first kappa shape index (κ1) is 21.0. The van der Waals surface area contributed by atoms with Gasteiger partial charge in [-0.15, -0.1) is 11.3 Å². The van der Waals surface area contributed by atoms with Gasteiger partial charge >= 0.3 is 0 Å². The molecule has 8 heteroatoms. The molecule has 0 unspecified atom stereocenters. The predicted octanol–water partition coefficient (Wildman–Crippen LogP) is 2.96. The van der Waals surface area contributed by atoms with E-state index in [1.807, 2.05) is 60.7 Å². The third kappa shape index (κ3) is 5.48. The van der Waals surface area contributed by atoms with Crippen molar-refractivity contribution in [1.82, 2.24) is 15.8 Å². The van der Waals surface area contributed by atoms with Crippen LogP contribution in [0.1, 0.15) is 34.0 Å². The molecule has 1 fully saturated rings. The number of hydrogen-bond acceptors (Lipinski definition) is 6. The summed E-state index contributed by atoms with van der Waals surface area (Å²) in [5.41, 5.74) is 7.40. The Bertz CT molecular complexity index is 964. The third-order valence-corrected chi connectivity index (χ3v) is 6.02. The van der Waals surface area contributed by atoms with E-state index in [9.17, 15) is 9.59 Å². The van der Waals surface area contributed by atoms with Crippen LogP contribution < -0.4 is 15.8 Å². The topological polar surface area (TPSA) is 83.6 Å². The number of rotatable bonds is 6. The second-order valence-electron chi connectivity index (χ2n) is 7.20. The Kier molecular flexibility index (Phi) is 6.91. The largest absolute Gasteiger partial charge is 0.378 e. The molecule has 1 aliphatic heterocycles. The quantitative estimate of drug-likeness (QED) is 0.581. The highest BCUT2D eigenvalue weighted by Crippen LogP contribution is 2.27. The Hall–Kier alpha value is -3.23. The van der Waals surface area contributed by atoms with Crippen LogP contribution in [0.5, 0.6) is 0 Å². The van der Waals surface area contributed by atoms with Crippen molar-refractivity contribution in [2.24, 2.45) is 0 Å². The van der Waals surface area contributed by atoms with Gasteiger partial charge in [0.2, 0.25) is 5.91 Å². The van der Waals surface area contributed by atoms with Crippen LogP contribution in [0, 0.1) is 0 Å². The molecule has 2 amide bonds. The molecule has 1 aromatic heterocycles. The first-order chi connectivity index (χ1) is 15.2. The zero-order valence-corrected chi connectivity index (χ0v) is 17.8. The van der Waals surface area contributed by atoms with Gasteiger partial charge in [0.25, 0.3) is 5.91 Å². The molecule has 2 N–H and O–H groups in total. The fraction of sp³-hybridized carbons (Fsp3) is 0.261. The lowest BCUT2D eigenvalue weighted by Crippen LogP contribution is -2.42. The number of nitrogens with zero attached hydrogens (tertiary/aromatic N) is 2. The van der Waals surface area contributed by atoms with E-state index in [4.69, 9.17) is 4.74 Å². The zero-order valence-electron chi connectivity index (χ0n) is 17.0. The molecule has 160 valence electrons. The first-order valence-corrected chi connectivity index (χ1v) is 11.1. The SMILES string of the molecule is O=C(CC(c1ccccc1)c1ccccc1)NNC(=O)c1csc(N2CCOCC2)n1. The van der Waals surface area contributed by atoms with Gasteiger partial charge in [-0.1, -0.05) is 60.7 Å². The van der Waals surface area contributed by atoms with E-state index in [1.165, 1.54) is 11.3 Å². The Morgan fingerprint density at radius 2 is 1.58 bits per heavy atom. The summed E-state index contributed by atoms with van der Waals surface area (Å²) < 4.78 is 5.34. The smallest absolute Gasteiger partial charge is 0.289 e. The molecular formula is C23H24N4O3S. The van der Waals surface area contributed by atoms with E-state index in [0.717, 1.165) is 29.3 Å². The molecule has 0 radical (unpaired) electrons. The van der Waals surface area contributed by atoms with Crippen LogP contribution >= 0.6 is 11.3 Å². The van der Waals surface area contributed by atoms with Gasteiger partial charge in [-0.2, -0.15) is 0 Å². The summed E-state index contributed by atoms with van der Waals surface area (Å²) in [5, 5.41) is 2.48. The van der Waals surface area contributed by atoms with Gasteiger partial charge in [0.1, 0.15) is 5.69 Å². The number of nitrogens with one attached hydrogen (secondary N) is 2. The van der Waals surface area contributed by atoms with Crippen molar-refractivity contribution < 1.29 is 14.3 Å². The van der Waals surface area contributed by atoms with Crippen molar-refractivity contribution in [2.45, 2.75) is 12.3 Å². The molecule has 7 nitrogen and oxygen atoms in total. The first-order valence-electron chi connectivity index (χ1n) is 10.2. The molecule has 0 atom stereocenters. The highest BCUT2D eigenvalue weighted by molar-refractivity contribution is 7.13. The van der Waals surface area contributed by atoms with E-state index in [2.05, 4.69) is 20.7 Å². The molecule has 4 rings (SSSR count). The lowest BCUT2D eigenvalue weighted by molar-refractivity contribution is -0.122. The van der Waals surface area contributed by atoms with Gasteiger partial charge in [0.15, 0.2) is 5.13 Å². The van der Waals surface area contributed by atoms with E-state index in [1.54, 1.807) is 5.38 Å². The maximum absolute atomic E-state index is 12.6. The number of morpholine rings is 1. The van der Waals surface area contributed by atoms with Crippen LogP contribution in [-0.4, -0.2) is 43.1 Å². The summed E-state index contributed by atoms with van der Waals surface area (Å²) in [6.45, 7) is 2.82. The second kappa shape index (κ2) is 10.2. The summed E-state index contributed by atoms with van der Waals surface area (Å²) in [7, 11) is 0. The molecule has 0 aliphatic carbocycles. The van der Waals surface area contributed by atoms with Crippen molar-refractivity contribution >= 4 is 28.3 Å². The van der Waals surface area contributed by atoms with Gasteiger partial charge in [0.05, 0.1) is 13.2 Å². The summed E-state index contributed by atoms with van der Waals surface area (Å²) in [5.74, 6) is -0.804. The van der Waals surface area contributed by atoms with Crippen molar-refractivity contribution in [3.8, 4) is 0 Å². The van der Waals surface area contributed by atoms with Crippen molar-refractivity contribution in [2.75, 3.05) is 31.2 Å². The lowest BCUT2D eigenvalue weighted by Gasteiger charge is -2.25. The monoisotopic (exact) mass is 436 g/mol. The van der Waals surface area contributed by atoms with Crippen LogP contribution in [0.25, 0.3) is 0 Å². The fourth-order valence-corrected chi connectivity index (χ4v) is 4.35. The maximum atomic E-state index is 12.6. The van der Waals surface area contributed by atoms with Gasteiger partial charge in [-0.25, -0.2) is 4.98 Å². The van der Waals surface area contributed by atoms with E-state index in [0.29, 0.717) is 13.2 Å². The molecule has 0 bridgehead atoms. The van der Waals surface area contributed by atoms with E-state index < -0.39 is 5.91 Å². The average Bonchev–Trinajstić information content (AvgIpc) is 3.33.